The number of aryl methyl sites for hydroxylation is 1. The van der Waals surface area contributed by atoms with Gasteiger partial charge < -0.3 is 20.8 Å². The van der Waals surface area contributed by atoms with Crippen molar-refractivity contribution in [3.8, 4) is 0 Å². The molecule has 2 amide bonds. The fourth-order valence-corrected chi connectivity index (χ4v) is 1.48. The molecule has 0 unspecified atom stereocenters. The van der Waals surface area contributed by atoms with Gasteiger partial charge in [-0.05, 0) is 19.1 Å². The number of aliphatic hydroxyl groups excluding tert-OH is 1. The molecule has 7 heteroatoms. The van der Waals surface area contributed by atoms with Crippen molar-refractivity contribution in [3.63, 3.8) is 0 Å². The van der Waals surface area contributed by atoms with E-state index in [1.165, 1.54) is 0 Å². The molecule has 0 saturated heterocycles. The van der Waals surface area contributed by atoms with E-state index in [1.807, 2.05) is 13.0 Å². The van der Waals surface area contributed by atoms with Crippen LogP contribution in [0.4, 0.5) is 0 Å². The van der Waals surface area contributed by atoms with E-state index in [9.17, 15) is 14.4 Å². The lowest BCUT2D eigenvalue weighted by Gasteiger charge is -2.12. The smallest absolute Gasteiger partial charge is 0.328 e. The molecule has 0 spiro atoms. The molecule has 1 aromatic carbocycles. The van der Waals surface area contributed by atoms with E-state index in [4.69, 9.17) is 10.2 Å². The van der Waals surface area contributed by atoms with Gasteiger partial charge in [-0.3, -0.25) is 9.59 Å². The first-order valence-electron chi connectivity index (χ1n) is 5.92. The van der Waals surface area contributed by atoms with Gasteiger partial charge in [0.25, 0.3) is 5.91 Å². The fourth-order valence-electron chi connectivity index (χ4n) is 1.48. The van der Waals surface area contributed by atoms with Crippen molar-refractivity contribution in [2.45, 2.75) is 13.0 Å². The minimum absolute atomic E-state index is 0.365. The number of carboxylic acids is 1. The minimum atomic E-state index is -1.38. The van der Waals surface area contributed by atoms with Crippen LogP contribution in [0.1, 0.15) is 15.9 Å². The third-order valence-corrected chi connectivity index (χ3v) is 2.51. The van der Waals surface area contributed by atoms with Crippen LogP contribution in [0.5, 0.6) is 0 Å². The number of aliphatic carboxylic acids is 1. The number of aliphatic hydroxyl groups is 1. The number of amides is 2. The maximum atomic E-state index is 11.7. The van der Waals surface area contributed by atoms with Crippen molar-refractivity contribution in [2.75, 3.05) is 13.2 Å². The molecule has 1 aromatic rings. The van der Waals surface area contributed by atoms with Gasteiger partial charge in [0.2, 0.25) is 5.91 Å². The summed E-state index contributed by atoms with van der Waals surface area (Å²) < 4.78 is 0. The zero-order valence-corrected chi connectivity index (χ0v) is 10.9. The van der Waals surface area contributed by atoms with Gasteiger partial charge in [0.05, 0.1) is 13.2 Å². The topological polar surface area (TPSA) is 116 Å². The largest absolute Gasteiger partial charge is 0.480 e. The molecule has 0 heterocycles. The maximum absolute atomic E-state index is 11.7. The molecule has 0 aliphatic carbocycles. The molecule has 1 rings (SSSR count). The molecule has 108 valence electrons. The van der Waals surface area contributed by atoms with E-state index in [0.717, 1.165) is 5.56 Å². The van der Waals surface area contributed by atoms with E-state index < -0.39 is 30.4 Å². The summed E-state index contributed by atoms with van der Waals surface area (Å²) in [4.78, 5) is 33.8. The Morgan fingerprint density at radius 2 is 2.00 bits per heavy atom. The Hall–Kier alpha value is -2.41. The molecule has 0 aromatic heterocycles. The first-order valence-corrected chi connectivity index (χ1v) is 5.92. The molecule has 7 nitrogen and oxygen atoms in total. The summed E-state index contributed by atoms with van der Waals surface area (Å²) in [6, 6.07) is 5.45. The lowest BCUT2D eigenvalue weighted by molar-refractivity contribution is -0.142. The number of benzene rings is 1. The molecule has 4 N–H and O–H groups in total. The highest BCUT2D eigenvalue weighted by molar-refractivity contribution is 5.97. The predicted molar refractivity (Wildman–Crippen MR) is 70.2 cm³/mol. The summed E-state index contributed by atoms with van der Waals surface area (Å²) in [6.07, 6.45) is 0. The highest BCUT2D eigenvalue weighted by Crippen LogP contribution is 2.03. The zero-order valence-electron chi connectivity index (χ0n) is 10.9. The van der Waals surface area contributed by atoms with Crippen LogP contribution in [0.2, 0.25) is 0 Å². The molecular formula is C13H16N2O5. The normalized spacial score (nSPS) is 11.5. The van der Waals surface area contributed by atoms with E-state index in [2.05, 4.69) is 10.6 Å². The minimum Gasteiger partial charge on any atom is -0.480 e. The third-order valence-electron chi connectivity index (χ3n) is 2.51. The predicted octanol–water partition coefficient (Wildman–Crippen LogP) is -0.713. The van der Waals surface area contributed by atoms with Gasteiger partial charge in [-0.1, -0.05) is 17.7 Å². The molecule has 0 fully saturated rings. The first kappa shape index (κ1) is 15.6. The molecular weight excluding hydrogens is 264 g/mol. The van der Waals surface area contributed by atoms with Crippen LogP contribution in [0, 0.1) is 6.92 Å². The first-order chi connectivity index (χ1) is 9.43. The molecule has 0 radical (unpaired) electrons. The second-order valence-electron chi connectivity index (χ2n) is 4.19. The highest BCUT2D eigenvalue weighted by Gasteiger charge is 2.18. The number of carboxylic acid groups (broad SMARTS) is 1. The average molecular weight is 280 g/mol. The van der Waals surface area contributed by atoms with Crippen LogP contribution in [0.15, 0.2) is 24.3 Å². The number of carbonyl (C=O) groups is 3. The van der Waals surface area contributed by atoms with Crippen LogP contribution >= 0.6 is 0 Å². The van der Waals surface area contributed by atoms with Crippen LogP contribution in [0.25, 0.3) is 0 Å². The Kier molecular flexibility index (Phi) is 5.67. The van der Waals surface area contributed by atoms with Gasteiger partial charge in [-0.2, -0.15) is 0 Å². The molecule has 0 saturated carbocycles. The van der Waals surface area contributed by atoms with Gasteiger partial charge in [-0.15, -0.1) is 0 Å². The van der Waals surface area contributed by atoms with Crippen LogP contribution < -0.4 is 10.6 Å². The van der Waals surface area contributed by atoms with Crippen molar-refractivity contribution in [1.29, 1.82) is 0 Å². The second kappa shape index (κ2) is 7.25. The average Bonchev–Trinajstić information content (AvgIpc) is 2.41. The van der Waals surface area contributed by atoms with Gasteiger partial charge in [-0.25, -0.2) is 4.79 Å². The summed E-state index contributed by atoms with van der Waals surface area (Å²) in [7, 11) is 0. The highest BCUT2D eigenvalue weighted by atomic mass is 16.4. The molecule has 20 heavy (non-hydrogen) atoms. The Balaban J connectivity index is 2.49. The summed E-state index contributed by atoms with van der Waals surface area (Å²) in [5.74, 6) is -2.46. The Bertz CT molecular complexity index is 515. The fraction of sp³-hybridized carbons (Fsp3) is 0.308. The van der Waals surface area contributed by atoms with E-state index >= 15 is 0 Å². The molecule has 0 bridgehead atoms. The van der Waals surface area contributed by atoms with E-state index in [1.54, 1.807) is 18.2 Å². The number of rotatable bonds is 6. The molecule has 1 atom stereocenters. The van der Waals surface area contributed by atoms with Crippen molar-refractivity contribution in [2.24, 2.45) is 0 Å². The zero-order chi connectivity index (χ0) is 15.1. The number of carbonyl (C=O) groups excluding carboxylic acids is 2. The quantitative estimate of drug-likeness (QED) is 0.549. The third kappa shape index (κ3) is 4.69. The van der Waals surface area contributed by atoms with Crippen LogP contribution in [-0.2, 0) is 9.59 Å². The number of hydrogen-bond donors (Lipinski definition) is 4. The second-order valence-corrected chi connectivity index (χ2v) is 4.19. The Morgan fingerprint density at radius 3 is 2.55 bits per heavy atom. The summed E-state index contributed by atoms with van der Waals surface area (Å²) in [5.41, 5.74) is 1.32. The van der Waals surface area contributed by atoms with Crippen LogP contribution in [-0.4, -0.2) is 47.2 Å². The van der Waals surface area contributed by atoms with E-state index in [0.29, 0.717) is 5.56 Å². The van der Waals surface area contributed by atoms with Gasteiger partial charge in [0, 0.05) is 5.56 Å². The number of nitrogens with one attached hydrogen (secondary N) is 2. The lowest BCUT2D eigenvalue weighted by Crippen LogP contribution is -2.47. The van der Waals surface area contributed by atoms with Gasteiger partial charge >= 0.3 is 5.97 Å². The Morgan fingerprint density at radius 1 is 1.30 bits per heavy atom. The lowest BCUT2D eigenvalue weighted by atomic mass is 10.1. The molecule has 0 aliphatic heterocycles. The number of hydrogen-bond acceptors (Lipinski definition) is 4. The maximum Gasteiger partial charge on any atom is 0.328 e. The van der Waals surface area contributed by atoms with Crippen molar-refractivity contribution >= 4 is 17.8 Å². The summed E-state index contributed by atoms with van der Waals surface area (Å²) >= 11 is 0. The van der Waals surface area contributed by atoms with Crippen molar-refractivity contribution in [1.82, 2.24) is 10.6 Å². The van der Waals surface area contributed by atoms with E-state index in [-0.39, 0.29) is 6.54 Å². The standard InChI is InChI=1S/C13H16N2O5/c1-8-3-2-4-9(5-8)12(18)14-6-11(17)15-10(7-16)13(19)20/h2-5,10,16H,6-7H2,1H3,(H,14,18)(H,15,17)(H,19,20)/t10-/m0/s1. The summed E-state index contributed by atoms with van der Waals surface area (Å²) in [6.45, 7) is 0.756. The monoisotopic (exact) mass is 280 g/mol. The van der Waals surface area contributed by atoms with Crippen LogP contribution in [0.3, 0.4) is 0 Å². The SMILES string of the molecule is Cc1cccc(C(=O)NCC(=O)N[C@@H](CO)C(=O)O)c1. The van der Waals surface area contributed by atoms with Gasteiger partial charge in [0.1, 0.15) is 6.04 Å². The molecule has 0 aliphatic rings. The van der Waals surface area contributed by atoms with Gasteiger partial charge in [0.15, 0.2) is 0 Å². The summed E-state index contributed by atoms with van der Waals surface area (Å²) in [5, 5.41) is 21.8. The van der Waals surface area contributed by atoms with Crippen molar-refractivity contribution in [3.05, 3.63) is 35.4 Å². The van der Waals surface area contributed by atoms with Crippen molar-refractivity contribution < 1.29 is 24.6 Å². The Labute approximate surface area is 115 Å².